The molecule has 1 heterocycles. The smallest absolute Gasteiger partial charge is 0.253 e. The van der Waals surface area contributed by atoms with Gasteiger partial charge in [0.05, 0.1) is 6.42 Å². The number of hydrogen-bond donors (Lipinski definition) is 0. The first-order valence-electron chi connectivity index (χ1n) is 9.05. The zero-order chi connectivity index (χ0) is 18.5. The number of rotatable bonds is 4. The summed E-state index contributed by atoms with van der Waals surface area (Å²) in [6.07, 6.45) is 2.06. The number of carbonyl (C=O) groups excluding carboxylic acids is 2. The molecule has 0 aliphatic carbocycles. The van der Waals surface area contributed by atoms with Crippen LogP contribution >= 0.6 is 0 Å². The molecule has 2 aromatic rings. The molecular formula is C22H25N2O2. The maximum Gasteiger partial charge on any atom is 0.253 e. The Hall–Kier alpha value is -2.62. The molecule has 1 aliphatic heterocycles. The van der Waals surface area contributed by atoms with Gasteiger partial charge in [-0.05, 0) is 43.0 Å². The van der Waals surface area contributed by atoms with E-state index in [1.807, 2.05) is 71.4 Å². The largest absolute Gasteiger partial charge is 0.342 e. The molecule has 0 bridgehead atoms. The number of nitrogens with zero attached hydrogens (tertiary/aromatic N) is 2. The van der Waals surface area contributed by atoms with Crippen molar-refractivity contribution in [2.24, 2.45) is 0 Å². The lowest BCUT2D eigenvalue weighted by atomic mass is 10.0. The van der Waals surface area contributed by atoms with Crippen molar-refractivity contribution in [1.29, 1.82) is 0 Å². The Labute approximate surface area is 155 Å². The second-order valence-corrected chi connectivity index (χ2v) is 6.89. The van der Waals surface area contributed by atoms with Crippen molar-refractivity contribution in [3.8, 4) is 0 Å². The Bertz CT molecular complexity index is 747. The topological polar surface area (TPSA) is 40.6 Å². The van der Waals surface area contributed by atoms with Crippen LogP contribution in [0.4, 0.5) is 0 Å². The molecule has 2 amide bonds. The van der Waals surface area contributed by atoms with Crippen LogP contribution in [0.2, 0.25) is 0 Å². The summed E-state index contributed by atoms with van der Waals surface area (Å²) in [5, 5.41) is 0. The van der Waals surface area contributed by atoms with Crippen molar-refractivity contribution in [3.05, 3.63) is 78.2 Å². The van der Waals surface area contributed by atoms with Crippen molar-refractivity contribution in [1.82, 2.24) is 9.80 Å². The van der Waals surface area contributed by atoms with Crippen LogP contribution in [0, 0.1) is 6.92 Å². The minimum absolute atomic E-state index is 0.0571. The molecule has 4 nitrogen and oxygen atoms in total. The van der Waals surface area contributed by atoms with Gasteiger partial charge in [-0.15, -0.1) is 0 Å². The Kier molecular flexibility index (Phi) is 5.71. The number of amides is 2. The lowest BCUT2D eigenvalue weighted by Crippen LogP contribution is -2.47. The molecule has 135 valence electrons. The van der Waals surface area contributed by atoms with Crippen LogP contribution in [0.5, 0.6) is 0 Å². The average molecular weight is 349 g/mol. The third kappa shape index (κ3) is 4.31. The van der Waals surface area contributed by atoms with Gasteiger partial charge in [-0.1, -0.05) is 42.5 Å². The van der Waals surface area contributed by atoms with Gasteiger partial charge in [-0.2, -0.15) is 0 Å². The van der Waals surface area contributed by atoms with Crippen molar-refractivity contribution >= 4 is 11.8 Å². The minimum Gasteiger partial charge on any atom is -0.342 e. The quantitative estimate of drug-likeness (QED) is 0.851. The molecule has 0 aromatic heterocycles. The van der Waals surface area contributed by atoms with Gasteiger partial charge in [0.2, 0.25) is 5.91 Å². The summed E-state index contributed by atoms with van der Waals surface area (Å²) in [7, 11) is 1.88. The van der Waals surface area contributed by atoms with E-state index in [-0.39, 0.29) is 17.9 Å². The molecule has 0 N–H and O–H groups in total. The summed E-state index contributed by atoms with van der Waals surface area (Å²) < 4.78 is 0. The van der Waals surface area contributed by atoms with E-state index in [9.17, 15) is 9.59 Å². The normalized spacial score (nSPS) is 14.9. The minimum atomic E-state index is 0.0571. The summed E-state index contributed by atoms with van der Waals surface area (Å²) in [5.41, 5.74) is 2.63. The third-order valence-electron chi connectivity index (χ3n) is 5.09. The van der Waals surface area contributed by atoms with Crippen molar-refractivity contribution in [2.75, 3.05) is 20.1 Å². The molecule has 0 saturated carbocycles. The number of piperidine rings is 1. The molecule has 3 rings (SSSR count). The van der Waals surface area contributed by atoms with Gasteiger partial charge in [0.1, 0.15) is 0 Å². The fourth-order valence-corrected chi connectivity index (χ4v) is 3.38. The van der Waals surface area contributed by atoms with Crippen LogP contribution in [0.25, 0.3) is 0 Å². The molecular weight excluding hydrogens is 324 g/mol. The zero-order valence-electron chi connectivity index (χ0n) is 15.2. The molecule has 1 fully saturated rings. The first-order chi connectivity index (χ1) is 12.5. The van der Waals surface area contributed by atoms with E-state index in [1.165, 1.54) is 0 Å². The maximum absolute atomic E-state index is 12.6. The summed E-state index contributed by atoms with van der Waals surface area (Å²) in [4.78, 5) is 28.8. The highest BCUT2D eigenvalue weighted by molar-refractivity contribution is 5.94. The van der Waals surface area contributed by atoms with Crippen LogP contribution in [0.3, 0.4) is 0 Å². The Morgan fingerprint density at radius 3 is 2.27 bits per heavy atom. The fourth-order valence-electron chi connectivity index (χ4n) is 3.38. The number of carbonyl (C=O) groups is 2. The van der Waals surface area contributed by atoms with Crippen LogP contribution < -0.4 is 0 Å². The second kappa shape index (κ2) is 8.17. The van der Waals surface area contributed by atoms with E-state index in [0.29, 0.717) is 25.1 Å². The molecule has 26 heavy (non-hydrogen) atoms. The first-order valence-corrected chi connectivity index (χ1v) is 9.05. The molecule has 2 aromatic carbocycles. The molecule has 4 heteroatoms. The summed E-state index contributed by atoms with van der Waals surface area (Å²) in [6.45, 7) is 5.21. The molecule has 0 spiro atoms. The first kappa shape index (κ1) is 18.2. The number of benzene rings is 2. The van der Waals surface area contributed by atoms with Gasteiger partial charge in [0.25, 0.3) is 5.91 Å². The fraction of sp³-hybridized carbons (Fsp3) is 0.318. The van der Waals surface area contributed by atoms with Gasteiger partial charge >= 0.3 is 0 Å². The Morgan fingerprint density at radius 1 is 1.04 bits per heavy atom. The van der Waals surface area contributed by atoms with E-state index >= 15 is 0 Å². The number of hydrogen-bond acceptors (Lipinski definition) is 2. The summed E-state index contributed by atoms with van der Waals surface area (Å²) in [6, 6.07) is 17.4. The number of likely N-dealkylation sites (N-methyl/N-ethyl adjacent to an activating group) is 1. The monoisotopic (exact) mass is 349 g/mol. The third-order valence-corrected chi connectivity index (χ3v) is 5.09. The second-order valence-electron chi connectivity index (χ2n) is 6.89. The van der Waals surface area contributed by atoms with E-state index in [4.69, 9.17) is 0 Å². The van der Waals surface area contributed by atoms with E-state index in [2.05, 4.69) is 6.92 Å². The van der Waals surface area contributed by atoms with Gasteiger partial charge in [-0.3, -0.25) is 9.59 Å². The van der Waals surface area contributed by atoms with E-state index < -0.39 is 0 Å². The van der Waals surface area contributed by atoms with Crippen LogP contribution in [0.1, 0.15) is 34.3 Å². The van der Waals surface area contributed by atoms with Crippen LogP contribution in [0.15, 0.2) is 54.6 Å². The highest BCUT2D eigenvalue weighted by atomic mass is 16.2. The predicted molar refractivity (Wildman–Crippen MR) is 103 cm³/mol. The standard InChI is InChI=1S/C22H25N2O2/c1-17-8-10-19(11-9-17)22(26)24-14-12-20(13-15-24)23(2)21(25)16-18-6-4-3-5-7-18/h3-11,20H,1,12-16H2,2H3. The molecule has 0 unspecified atom stereocenters. The molecule has 1 radical (unpaired) electrons. The molecule has 0 atom stereocenters. The molecule has 1 saturated heterocycles. The van der Waals surface area contributed by atoms with Gasteiger partial charge in [0.15, 0.2) is 0 Å². The lowest BCUT2D eigenvalue weighted by Gasteiger charge is -2.37. The lowest BCUT2D eigenvalue weighted by molar-refractivity contribution is -0.131. The van der Waals surface area contributed by atoms with E-state index in [0.717, 1.165) is 24.0 Å². The van der Waals surface area contributed by atoms with Crippen LogP contribution in [-0.4, -0.2) is 47.8 Å². The SMILES string of the molecule is [CH2]c1ccc(C(=O)N2CCC(N(C)C(=O)Cc3ccccc3)CC2)cc1. The Morgan fingerprint density at radius 2 is 1.65 bits per heavy atom. The molecule has 1 aliphatic rings. The van der Waals surface area contributed by atoms with E-state index in [1.54, 1.807) is 0 Å². The predicted octanol–water partition coefficient (Wildman–Crippen LogP) is 3.17. The van der Waals surface area contributed by atoms with Crippen molar-refractivity contribution in [2.45, 2.75) is 25.3 Å². The van der Waals surface area contributed by atoms with Gasteiger partial charge < -0.3 is 9.80 Å². The highest BCUT2D eigenvalue weighted by Gasteiger charge is 2.27. The Balaban J connectivity index is 1.53. The van der Waals surface area contributed by atoms with Gasteiger partial charge in [-0.25, -0.2) is 0 Å². The van der Waals surface area contributed by atoms with Crippen molar-refractivity contribution in [3.63, 3.8) is 0 Å². The summed E-state index contributed by atoms with van der Waals surface area (Å²) >= 11 is 0. The average Bonchev–Trinajstić information content (AvgIpc) is 2.68. The highest BCUT2D eigenvalue weighted by Crippen LogP contribution is 2.19. The van der Waals surface area contributed by atoms with Gasteiger partial charge in [0, 0.05) is 31.7 Å². The summed E-state index contributed by atoms with van der Waals surface area (Å²) in [5.74, 6) is 0.189. The zero-order valence-corrected chi connectivity index (χ0v) is 15.2. The number of likely N-dealkylation sites (tertiary alicyclic amines) is 1. The van der Waals surface area contributed by atoms with Crippen LogP contribution in [-0.2, 0) is 11.2 Å². The van der Waals surface area contributed by atoms with Crippen molar-refractivity contribution < 1.29 is 9.59 Å². The maximum atomic E-state index is 12.6.